The van der Waals surface area contributed by atoms with E-state index < -0.39 is 0 Å². The van der Waals surface area contributed by atoms with E-state index in [9.17, 15) is 4.79 Å². The van der Waals surface area contributed by atoms with E-state index in [1.165, 1.54) is 0 Å². The van der Waals surface area contributed by atoms with Crippen LogP contribution in [0.3, 0.4) is 0 Å². The standard InChI is InChI=1S/C10H9BrClN3O/c11-8-5-7(12)1-2-9(8)15-6-10(16)14-4-3-13/h1-2,5,15H,4,6H2,(H,14,16). The third-order valence-electron chi connectivity index (χ3n) is 1.74. The fourth-order valence-electron chi connectivity index (χ4n) is 1.01. The highest BCUT2D eigenvalue weighted by Gasteiger charge is 2.03. The van der Waals surface area contributed by atoms with Crippen molar-refractivity contribution in [3.8, 4) is 6.07 Å². The lowest BCUT2D eigenvalue weighted by atomic mass is 10.3. The summed E-state index contributed by atoms with van der Waals surface area (Å²) in [6.45, 7) is 0.129. The van der Waals surface area contributed by atoms with Gasteiger partial charge in [-0.1, -0.05) is 11.6 Å². The number of rotatable bonds is 4. The Hall–Kier alpha value is -1.25. The molecule has 0 radical (unpaired) electrons. The molecular weight excluding hydrogens is 293 g/mol. The van der Waals surface area contributed by atoms with Gasteiger partial charge in [0.1, 0.15) is 6.54 Å². The molecule has 2 N–H and O–H groups in total. The van der Waals surface area contributed by atoms with Gasteiger partial charge in [0, 0.05) is 15.2 Å². The van der Waals surface area contributed by atoms with Gasteiger partial charge < -0.3 is 10.6 Å². The molecule has 0 aliphatic rings. The number of nitrogens with one attached hydrogen (secondary N) is 2. The van der Waals surface area contributed by atoms with Crippen molar-refractivity contribution in [1.82, 2.24) is 5.32 Å². The van der Waals surface area contributed by atoms with E-state index in [0.717, 1.165) is 10.2 Å². The van der Waals surface area contributed by atoms with Gasteiger partial charge in [-0.15, -0.1) is 0 Å². The molecule has 0 saturated carbocycles. The number of hydrogen-bond acceptors (Lipinski definition) is 3. The molecule has 1 aromatic carbocycles. The Kier molecular flexibility index (Phi) is 5.09. The molecule has 0 spiro atoms. The van der Waals surface area contributed by atoms with Crippen LogP contribution < -0.4 is 10.6 Å². The van der Waals surface area contributed by atoms with Gasteiger partial charge in [0.15, 0.2) is 0 Å². The van der Waals surface area contributed by atoms with Gasteiger partial charge in [0.25, 0.3) is 0 Å². The molecule has 4 nitrogen and oxygen atoms in total. The maximum Gasteiger partial charge on any atom is 0.240 e. The van der Waals surface area contributed by atoms with E-state index in [2.05, 4.69) is 26.6 Å². The minimum atomic E-state index is -0.233. The molecule has 84 valence electrons. The van der Waals surface area contributed by atoms with Crippen LogP contribution in [0.2, 0.25) is 5.02 Å². The van der Waals surface area contributed by atoms with Crippen molar-refractivity contribution in [2.75, 3.05) is 18.4 Å². The number of benzene rings is 1. The summed E-state index contributed by atoms with van der Waals surface area (Å²) in [5.41, 5.74) is 0.775. The average Bonchev–Trinajstić information content (AvgIpc) is 2.25. The van der Waals surface area contributed by atoms with E-state index in [1.54, 1.807) is 18.2 Å². The van der Waals surface area contributed by atoms with E-state index in [1.807, 2.05) is 6.07 Å². The normalized spacial score (nSPS) is 9.31. The van der Waals surface area contributed by atoms with Crippen LogP contribution in [0, 0.1) is 11.3 Å². The molecule has 0 atom stereocenters. The van der Waals surface area contributed by atoms with Crippen molar-refractivity contribution < 1.29 is 4.79 Å². The van der Waals surface area contributed by atoms with E-state index in [-0.39, 0.29) is 19.0 Å². The molecule has 0 bridgehead atoms. The fraction of sp³-hybridized carbons (Fsp3) is 0.200. The number of nitriles is 1. The maximum atomic E-state index is 11.2. The van der Waals surface area contributed by atoms with Crippen molar-refractivity contribution in [1.29, 1.82) is 5.26 Å². The first kappa shape index (κ1) is 12.8. The van der Waals surface area contributed by atoms with Gasteiger partial charge in [-0.2, -0.15) is 5.26 Å². The Morgan fingerprint density at radius 2 is 2.31 bits per heavy atom. The van der Waals surface area contributed by atoms with Crippen LogP contribution in [-0.4, -0.2) is 19.0 Å². The first-order valence-corrected chi connectivity index (χ1v) is 5.63. The van der Waals surface area contributed by atoms with E-state index >= 15 is 0 Å². The summed E-state index contributed by atoms with van der Waals surface area (Å²) < 4.78 is 0.785. The second kappa shape index (κ2) is 6.36. The highest BCUT2D eigenvalue weighted by atomic mass is 79.9. The number of amides is 1. The summed E-state index contributed by atoms with van der Waals surface area (Å²) in [6.07, 6.45) is 0. The van der Waals surface area contributed by atoms with Gasteiger partial charge in [0.2, 0.25) is 5.91 Å². The third kappa shape index (κ3) is 4.09. The molecule has 1 amide bonds. The van der Waals surface area contributed by atoms with Gasteiger partial charge in [-0.05, 0) is 34.1 Å². The predicted octanol–water partition coefficient (Wildman–Crippen LogP) is 2.15. The number of carbonyl (C=O) groups excluding carboxylic acids is 1. The largest absolute Gasteiger partial charge is 0.375 e. The molecule has 0 saturated heterocycles. The Morgan fingerprint density at radius 3 is 2.94 bits per heavy atom. The molecule has 0 unspecified atom stereocenters. The van der Waals surface area contributed by atoms with Gasteiger partial charge >= 0.3 is 0 Å². The zero-order valence-corrected chi connectivity index (χ0v) is 10.6. The van der Waals surface area contributed by atoms with Crippen molar-refractivity contribution in [2.45, 2.75) is 0 Å². The lowest BCUT2D eigenvalue weighted by Gasteiger charge is -2.08. The summed E-state index contributed by atoms with van der Waals surface area (Å²) in [5, 5.41) is 14.2. The summed E-state index contributed by atoms with van der Waals surface area (Å²) >= 11 is 9.09. The summed E-state index contributed by atoms with van der Waals surface area (Å²) in [4.78, 5) is 11.2. The smallest absolute Gasteiger partial charge is 0.240 e. The van der Waals surface area contributed by atoms with Crippen molar-refractivity contribution in [3.63, 3.8) is 0 Å². The molecule has 1 aromatic rings. The first-order chi connectivity index (χ1) is 7.63. The van der Waals surface area contributed by atoms with Gasteiger partial charge in [0.05, 0.1) is 12.6 Å². The zero-order chi connectivity index (χ0) is 12.0. The van der Waals surface area contributed by atoms with Crippen LogP contribution in [-0.2, 0) is 4.79 Å². The lowest BCUT2D eigenvalue weighted by molar-refractivity contribution is -0.119. The second-order valence-electron chi connectivity index (χ2n) is 2.91. The Labute approximate surface area is 107 Å². The van der Waals surface area contributed by atoms with Crippen molar-refractivity contribution in [2.24, 2.45) is 0 Å². The molecule has 0 heterocycles. The number of hydrogen-bond donors (Lipinski definition) is 2. The monoisotopic (exact) mass is 301 g/mol. The molecule has 0 aliphatic heterocycles. The van der Waals surface area contributed by atoms with Crippen LogP contribution in [0.5, 0.6) is 0 Å². The van der Waals surface area contributed by atoms with E-state index in [4.69, 9.17) is 16.9 Å². The highest BCUT2D eigenvalue weighted by Crippen LogP contribution is 2.25. The van der Waals surface area contributed by atoms with Gasteiger partial charge in [-0.3, -0.25) is 4.79 Å². The quantitative estimate of drug-likeness (QED) is 0.838. The Morgan fingerprint density at radius 1 is 1.56 bits per heavy atom. The molecule has 0 fully saturated rings. The predicted molar refractivity (Wildman–Crippen MR) is 66.3 cm³/mol. The maximum absolute atomic E-state index is 11.2. The molecule has 1 rings (SSSR count). The molecule has 0 aromatic heterocycles. The summed E-state index contributed by atoms with van der Waals surface area (Å²) in [7, 11) is 0. The molecule has 6 heteroatoms. The minimum absolute atomic E-state index is 0.0162. The highest BCUT2D eigenvalue weighted by molar-refractivity contribution is 9.10. The summed E-state index contributed by atoms with van der Waals surface area (Å²) in [6, 6.07) is 7.05. The zero-order valence-electron chi connectivity index (χ0n) is 8.26. The van der Waals surface area contributed by atoms with Crippen LogP contribution in [0.4, 0.5) is 5.69 Å². The number of anilines is 1. The first-order valence-electron chi connectivity index (χ1n) is 4.46. The number of halogens is 2. The molecular formula is C10H9BrClN3O. The Balaban J connectivity index is 2.49. The van der Waals surface area contributed by atoms with Crippen LogP contribution in [0.15, 0.2) is 22.7 Å². The third-order valence-corrected chi connectivity index (χ3v) is 2.63. The van der Waals surface area contributed by atoms with Crippen LogP contribution >= 0.6 is 27.5 Å². The second-order valence-corrected chi connectivity index (χ2v) is 4.20. The van der Waals surface area contributed by atoms with Crippen molar-refractivity contribution in [3.05, 3.63) is 27.7 Å². The topological polar surface area (TPSA) is 64.9 Å². The Bertz CT molecular complexity index is 431. The van der Waals surface area contributed by atoms with Crippen molar-refractivity contribution >= 4 is 39.1 Å². The van der Waals surface area contributed by atoms with Crippen LogP contribution in [0.1, 0.15) is 0 Å². The van der Waals surface area contributed by atoms with Gasteiger partial charge in [-0.25, -0.2) is 0 Å². The number of nitrogens with zero attached hydrogens (tertiary/aromatic N) is 1. The van der Waals surface area contributed by atoms with E-state index in [0.29, 0.717) is 5.02 Å². The molecule has 0 aliphatic carbocycles. The van der Waals surface area contributed by atoms with Crippen LogP contribution in [0.25, 0.3) is 0 Å². The fourth-order valence-corrected chi connectivity index (χ4v) is 1.83. The molecule has 16 heavy (non-hydrogen) atoms. The summed E-state index contributed by atoms with van der Waals surface area (Å²) in [5.74, 6) is -0.233. The SMILES string of the molecule is N#CCNC(=O)CNc1ccc(Cl)cc1Br. The minimum Gasteiger partial charge on any atom is -0.375 e. The average molecular weight is 303 g/mol. The number of carbonyl (C=O) groups is 1. The lowest BCUT2D eigenvalue weighted by Crippen LogP contribution is -2.30.